The number of rotatable bonds is 15. The molecule has 1 aromatic carbocycles. The van der Waals surface area contributed by atoms with E-state index in [9.17, 15) is 20.4 Å². The molecule has 8 nitrogen and oxygen atoms in total. The minimum absolute atomic E-state index is 0.0833. The fourth-order valence-electron chi connectivity index (χ4n) is 6.14. The molecule has 3 aromatic rings. The molecule has 0 saturated heterocycles. The van der Waals surface area contributed by atoms with E-state index >= 15 is 0 Å². The predicted octanol–water partition coefficient (Wildman–Crippen LogP) is 4.75. The van der Waals surface area contributed by atoms with Crippen LogP contribution >= 0.6 is 0 Å². The summed E-state index contributed by atoms with van der Waals surface area (Å²) in [6.45, 7) is 0.634. The third-order valence-corrected chi connectivity index (χ3v) is 8.59. The van der Waals surface area contributed by atoms with Crippen molar-refractivity contribution in [2.45, 2.75) is 88.8 Å². The molecule has 4 rings (SSSR count). The molecular formula is C33H46N3O5-. The van der Waals surface area contributed by atoms with Crippen LogP contribution in [0.5, 0.6) is 11.5 Å². The fraction of sp³-hybridized carbons (Fsp3) is 0.545. The number of aliphatic hydroxyl groups excluding tert-OH is 3. The Morgan fingerprint density at radius 3 is 2.71 bits per heavy atom. The zero-order valence-electron chi connectivity index (χ0n) is 23.9. The highest BCUT2D eigenvalue weighted by Gasteiger charge is 2.26. The maximum Gasteiger partial charge on any atom is 0.161 e. The van der Waals surface area contributed by atoms with Gasteiger partial charge in [0.25, 0.3) is 0 Å². The number of phenols is 1. The average molecular weight is 565 g/mol. The van der Waals surface area contributed by atoms with Gasteiger partial charge in [-0.25, -0.2) is 4.98 Å². The molecule has 0 spiro atoms. The Morgan fingerprint density at radius 2 is 1.93 bits per heavy atom. The monoisotopic (exact) mass is 564 g/mol. The number of aromatic hydroxyl groups is 1. The van der Waals surface area contributed by atoms with Gasteiger partial charge in [0.1, 0.15) is 5.82 Å². The summed E-state index contributed by atoms with van der Waals surface area (Å²) in [5.74, 6) is 1.88. The van der Waals surface area contributed by atoms with Gasteiger partial charge in [-0.2, -0.15) is 11.9 Å². The van der Waals surface area contributed by atoms with Gasteiger partial charge < -0.3 is 35.9 Å². The molecule has 1 aliphatic rings. The molecule has 224 valence electrons. The highest BCUT2D eigenvalue weighted by molar-refractivity contribution is 5.42. The summed E-state index contributed by atoms with van der Waals surface area (Å²) in [5, 5.41) is 41.1. The summed E-state index contributed by atoms with van der Waals surface area (Å²) in [5.41, 5.74) is 8.98. The van der Waals surface area contributed by atoms with E-state index in [0.29, 0.717) is 49.8 Å². The van der Waals surface area contributed by atoms with Crippen LogP contribution in [0.1, 0.15) is 80.5 Å². The van der Waals surface area contributed by atoms with Crippen LogP contribution in [-0.4, -0.2) is 50.8 Å². The van der Waals surface area contributed by atoms with Crippen molar-refractivity contribution in [1.82, 2.24) is 9.97 Å². The number of aryl methyl sites for hydroxylation is 1. The zero-order valence-corrected chi connectivity index (χ0v) is 23.9. The van der Waals surface area contributed by atoms with Crippen molar-refractivity contribution in [1.29, 1.82) is 0 Å². The van der Waals surface area contributed by atoms with Crippen LogP contribution in [0, 0.1) is 11.8 Å². The number of pyridine rings is 1. The van der Waals surface area contributed by atoms with Gasteiger partial charge in [-0.1, -0.05) is 37.5 Å². The Morgan fingerprint density at radius 1 is 1.05 bits per heavy atom. The molecule has 0 unspecified atom stereocenters. The number of phenolic OH excluding ortho intramolecular Hbond substituents is 1. The van der Waals surface area contributed by atoms with E-state index < -0.39 is 12.2 Å². The van der Waals surface area contributed by atoms with Crippen LogP contribution in [-0.2, 0) is 12.8 Å². The lowest BCUT2D eigenvalue weighted by molar-refractivity contribution is 0.0351. The summed E-state index contributed by atoms with van der Waals surface area (Å²) >= 11 is 0. The number of hydrogen-bond acceptors (Lipinski definition) is 7. The van der Waals surface area contributed by atoms with E-state index in [4.69, 9.17) is 10.5 Å². The maximum atomic E-state index is 10.8. The van der Waals surface area contributed by atoms with Crippen LogP contribution < -0.4 is 15.5 Å². The second-order valence-electron chi connectivity index (χ2n) is 11.6. The minimum atomic E-state index is -0.599. The Hall–Kier alpha value is -3.07. The van der Waals surface area contributed by atoms with Crippen LogP contribution in [0.25, 0.3) is 0 Å². The molecule has 1 aliphatic carbocycles. The van der Waals surface area contributed by atoms with E-state index in [1.165, 1.54) is 0 Å². The Labute approximate surface area is 243 Å². The number of aliphatic hydroxyl groups is 3. The van der Waals surface area contributed by atoms with Crippen LogP contribution in [0.2, 0.25) is 0 Å². The number of hydrogen-bond donors (Lipinski definition) is 5. The van der Waals surface area contributed by atoms with Crippen molar-refractivity contribution in [3.63, 3.8) is 0 Å². The van der Waals surface area contributed by atoms with Gasteiger partial charge in [0.2, 0.25) is 0 Å². The average Bonchev–Trinajstić information content (AvgIpc) is 3.36. The molecular weight excluding hydrogens is 518 g/mol. The summed E-state index contributed by atoms with van der Waals surface area (Å²) in [7, 11) is 0. The molecule has 1 fully saturated rings. The highest BCUT2D eigenvalue weighted by atomic mass is 16.5. The first-order valence-corrected chi connectivity index (χ1v) is 15.1. The number of benzene rings is 1. The van der Waals surface area contributed by atoms with Crippen LogP contribution in [0.3, 0.4) is 0 Å². The first-order chi connectivity index (χ1) is 19.9. The topological polar surface area (TPSA) is 143 Å². The Bertz CT molecular complexity index is 1170. The van der Waals surface area contributed by atoms with E-state index in [1.807, 2.05) is 36.4 Å². The van der Waals surface area contributed by atoms with Gasteiger partial charge in [0, 0.05) is 12.8 Å². The molecule has 0 radical (unpaired) electrons. The molecule has 0 aliphatic heterocycles. The quantitative estimate of drug-likeness (QED) is 0.167. The van der Waals surface area contributed by atoms with E-state index in [0.717, 1.165) is 61.8 Å². The third kappa shape index (κ3) is 9.76. The van der Waals surface area contributed by atoms with Gasteiger partial charge in [-0.05, 0) is 105 Å². The SMILES string of the molecule is Nc1cc([C@H](CCOc2cc(CC[C@@H](O)C[C@@H](O)[C@H]3CCC[C@@H](CCO)CC3)ccc2O)Cc2ccc[n-]2)ccn1. The number of nitrogen functional groups attached to an aromatic ring is 1. The molecule has 2 aromatic heterocycles. The number of aromatic nitrogens is 2. The summed E-state index contributed by atoms with van der Waals surface area (Å²) in [4.78, 5) is 8.53. The Balaban J connectivity index is 1.26. The lowest BCUT2D eigenvalue weighted by Crippen LogP contribution is -2.26. The minimum Gasteiger partial charge on any atom is -0.668 e. The van der Waals surface area contributed by atoms with Gasteiger partial charge in [-0.15, -0.1) is 0 Å². The number of anilines is 1. The summed E-state index contributed by atoms with van der Waals surface area (Å²) in [6, 6.07) is 13.1. The van der Waals surface area contributed by atoms with E-state index in [2.05, 4.69) is 9.97 Å². The first kappa shape index (κ1) is 30.9. The fourth-order valence-corrected chi connectivity index (χ4v) is 6.14. The predicted molar refractivity (Wildman–Crippen MR) is 160 cm³/mol. The van der Waals surface area contributed by atoms with Crippen molar-refractivity contribution in [3.05, 3.63) is 71.7 Å². The van der Waals surface area contributed by atoms with Crippen molar-refractivity contribution >= 4 is 5.82 Å². The number of nitrogens with zero attached hydrogens (tertiary/aromatic N) is 2. The molecule has 2 heterocycles. The second-order valence-corrected chi connectivity index (χ2v) is 11.6. The maximum absolute atomic E-state index is 10.8. The van der Waals surface area contributed by atoms with Gasteiger partial charge in [0.15, 0.2) is 11.5 Å². The van der Waals surface area contributed by atoms with Gasteiger partial charge in [0.05, 0.1) is 18.8 Å². The van der Waals surface area contributed by atoms with E-state index in [-0.39, 0.29) is 24.2 Å². The largest absolute Gasteiger partial charge is 0.668 e. The molecule has 8 heteroatoms. The van der Waals surface area contributed by atoms with Crippen LogP contribution in [0.4, 0.5) is 5.82 Å². The molecule has 1 saturated carbocycles. The number of nitrogens with two attached hydrogens (primary N) is 1. The zero-order chi connectivity index (χ0) is 29.0. The van der Waals surface area contributed by atoms with Crippen LogP contribution in [0.15, 0.2) is 54.9 Å². The standard InChI is InChI=1S/C33H46N3O5/c34-33-21-26(12-16-36-33)27(20-28-5-2-15-35-28)14-18-41-32-19-24(8-11-30(32)39)7-10-29(38)22-31(40)25-4-1-3-23(6-9-25)13-17-37/h2,5,8,11-12,15-16,19,21,23,25,27,29,31,37-40H,1,3-4,6-7,9-10,13-14,17-18,20,22H2,(H2,34,36)/q-1/t23-,25+,27-,29-,31-/m1/s1. The van der Waals surface area contributed by atoms with E-state index in [1.54, 1.807) is 18.5 Å². The lowest BCUT2D eigenvalue weighted by atomic mass is 9.89. The Kier molecular flexibility index (Phi) is 11.9. The normalized spacial score (nSPS) is 19.8. The van der Waals surface area contributed by atoms with Crippen molar-refractivity contribution < 1.29 is 25.2 Å². The van der Waals surface area contributed by atoms with Gasteiger partial charge >= 0.3 is 0 Å². The lowest BCUT2D eigenvalue weighted by Gasteiger charge is -2.24. The molecule has 0 bridgehead atoms. The highest BCUT2D eigenvalue weighted by Crippen LogP contribution is 2.33. The van der Waals surface area contributed by atoms with Gasteiger partial charge in [-0.3, -0.25) is 0 Å². The number of ether oxygens (including phenoxy) is 1. The van der Waals surface area contributed by atoms with Crippen molar-refractivity contribution in [2.75, 3.05) is 18.9 Å². The molecule has 41 heavy (non-hydrogen) atoms. The molecule has 6 N–H and O–H groups in total. The summed E-state index contributed by atoms with van der Waals surface area (Å²) < 4.78 is 6.03. The third-order valence-electron chi connectivity index (χ3n) is 8.59. The first-order valence-electron chi connectivity index (χ1n) is 15.1. The second kappa shape index (κ2) is 15.8. The molecule has 5 atom stereocenters. The van der Waals surface area contributed by atoms with Crippen molar-refractivity contribution in [2.24, 2.45) is 11.8 Å². The molecule has 0 amide bonds. The summed E-state index contributed by atoms with van der Waals surface area (Å²) in [6.07, 6.45) is 11.4. The smallest absolute Gasteiger partial charge is 0.161 e. The van der Waals surface area contributed by atoms with Crippen molar-refractivity contribution in [3.8, 4) is 11.5 Å².